The molecule has 0 spiro atoms. The monoisotopic (exact) mass is 432 g/mol. The Hall–Kier alpha value is -2.67. The maximum Gasteiger partial charge on any atom is 0.306 e. The highest BCUT2D eigenvalue weighted by molar-refractivity contribution is 9.10. The first-order chi connectivity index (χ1) is 12.8. The summed E-state index contributed by atoms with van der Waals surface area (Å²) in [6.45, 7) is 3.44. The Labute approximate surface area is 166 Å². The first-order valence-electron chi connectivity index (χ1n) is 8.41. The van der Waals surface area contributed by atoms with Crippen LogP contribution in [0.25, 0.3) is 0 Å². The largest absolute Gasteiger partial charge is 0.456 e. The van der Waals surface area contributed by atoms with Crippen molar-refractivity contribution in [3.05, 3.63) is 58.1 Å². The zero-order chi connectivity index (χ0) is 19.8. The second-order valence-electron chi connectivity index (χ2n) is 6.08. The third kappa shape index (κ3) is 7.22. The molecule has 0 aliphatic rings. The van der Waals surface area contributed by atoms with Crippen LogP contribution in [0.5, 0.6) is 0 Å². The van der Waals surface area contributed by atoms with Crippen molar-refractivity contribution < 1.29 is 19.1 Å². The van der Waals surface area contributed by atoms with Crippen molar-refractivity contribution in [3.8, 4) is 0 Å². The molecule has 2 aromatic carbocycles. The Morgan fingerprint density at radius 2 is 1.63 bits per heavy atom. The number of hydrogen-bond donors (Lipinski definition) is 2. The first kappa shape index (κ1) is 20.6. The van der Waals surface area contributed by atoms with E-state index in [-0.39, 0.29) is 18.7 Å². The summed E-state index contributed by atoms with van der Waals surface area (Å²) in [6, 6.07) is 12.8. The molecule has 0 saturated carbocycles. The predicted octanol–water partition coefficient (Wildman–Crippen LogP) is 3.97. The van der Waals surface area contributed by atoms with Crippen molar-refractivity contribution in [2.75, 3.05) is 17.2 Å². The highest BCUT2D eigenvalue weighted by Crippen LogP contribution is 2.17. The highest BCUT2D eigenvalue weighted by Gasteiger charge is 2.11. The summed E-state index contributed by atoms with van der Waals surface area (Å²) in [5, 5.41) is 5.40. The molecule has 0 aliphatic heterocycles. The zero-order valence-electron chi connectivity index (χ0n) is 15.2. The number of carbonyl (C=O) groups is 3. The Morgan fingerprint density at radius 1 is 0.926 bits per heavy atom. The average Bonchev–Trinajstić information content (AvgIpc) is 2.63. The number of nitrogens with one attached hydrogen (secondary N) is 2. The fraction of sp³-hybridized carbons (Fsp3) is 0.250. The van der Waals surface area contributed by atoms with E-state index in [0.717, 1.165) is 21.3 Å². The Morgan fingerprint density at radius 3 is 2.33 bits per heavy atom. The molecule has 6 nitrogen and oxygen atoms in total. The summed E-state index contributed by atoms with van der Waals surface area (Å²) in [6.07, 6.45) is -0.108. The molecule has 2 aromatic rings. The number of esters is 1. The van der Waals surface area contributed by atoms with Gasteiger partial charge >= 0.3 is 5.97 Å². The van der Waals surface area contributed by atoms with Gasteiger partial charge in [-0.05, 0) is 55.3 Å². The average molecular weight is 433 g/mol. The quantitative estimate of drug-likeness (QED) is 0.648. The van der Waals surface area contributed by atoms with Gasteiger partial charge < -0.3 is 15.4 Å². The van der Waals surface area contributed by atoms with Crippen LogP contribution in [0.1, 0.15) is 24.0 Å². The maximum atomic E-state index is 12.0. The molecule has 0 aliphatic carbocycles. The highest BCUT2D eigenvalue weighted by atomic mass is 79.9. The number of rotatable bonds is 7. The number of carbonyl (C=O) groups excluding carboxylic acids is 3. The molecular formula is C20H21BrN2O4. The van der Waals surface area contributed by atoms with Crippen molar-refractivity contribution in [3.63, 3.8) is 0 Å². The standard InChI is InChI=1S/C20H21BrN2O4/c1-13-3-4-14(2)17(11-13)23-18(24)9-10-20(26)27-12-19(25)22-16-7-5-15(21)6-8-16/h3-8,11H,9-10,12H2,1-2H3,(H,22,25)(H,23,24). The van der Waals surface area contributed by atoms with Gasteiger partial charge in [0.25, 0.3) is 5.91 Å². The lowest BCUT2D eigenvalue weighted by Crippen LogP contribution is -2.21. The second-order valence-corrected chi connectivity index (χ2v) is 7.00. The van der Waals surface area contributed by atoms with Crippen molar-refractivity contribution >= 4 is 45.1 Å². The van der Waals surface area contributed by atoms with Gasteiger partial charge in [0.1, 0.15) is 0 Å². The third-order valence-electron chi connectivity index (χ3n) is 3.72. The number of hydrogen-bond acceptors (Lipinski definition) is 4. The molecule has 0 unspecified atom stereocenters. The summed E-state index contributed by atoms with van der Waals surface area (Å²) >= 11 is 3.30. The summed E-state index contributed by atoms with van der Waals surface area (Å²) in [4.78, 5) is 35.5. The van der Waals surface area contributed by atoms with Gasteiger partial charge in [0.05, 0.1) is 6.42 Å². The van der Waals surface area contributed by atoms with Gasteiger partial charge in [-0.15, -0.1) is 0 Å². The summed E-state index contributed by atoms with van der Waals surface area (Å²) < 4.78 is 5.80. The van der Waals surface area contributed by atoms with E-state index in [0.29, 0.717) is 5.69 Å². The molecule has 0 fully saturated rings. The van der Waals surface area contributed by atoms with Crippen molar-refractivity contribution in [2.45, 2.75) is 26.7 Å². The molecular weight excluding hydrogens is 412 g/mol. The molecule has 0 bridgehead atoms. The fourth-order valence-corrected chi connectivity index (χ4v) is 2.51. The van der Waals surface area contributed by atoms with Gasteiger partial charge in [-0.2, -0.15) is 0 Å². The molecule has 142 valence electrons. The molecule has 0 radical (unpaired) electrons. The number of aryl methyl sites for hydroxylation is 2. The lowest BCUT2D eigenvalue weighted by atomic mass is 10.1. The molecule has 2 rings (SSSR count). The third-order valence-corrected chi connectivity index (χ3v) is 4.24. The molecule has 0 atom stereocenters. The molecule has 0 saturated heterocycles. The van der Waals surface area contributed by atoms with Crippen LogP contribution in [0.3, 0.4) is 0 Å². The van der Waals surface area contributed by atoms with Crippen LogP contribution >= 0.6 is 15.9 Å². The van der Waals surface area contributed by atoms with Crippen molar-refractivity contribution in [1.29, 1.82) is 0 Å². The number of anilines is 2. The molecule has 2 N–H and O–H groups in total. The minimum absolute atomic E-state index is 0.0133. The SMILES string of the molecule is Cc1ccc(C)c(NC(=O)CCC(=O)OCC(=O)Nc2ccc(Br)cc2)c1. The molecule has 0 aromatic heterocycles. The first-order valence-corrected chi connectivity index (χ1v) is 9.21. The lowest BCUT2D eigenvalue weighted by molar-refractivity contribution is -0.147. The number of halogens is 1. The van der Waals surface area contributed by atoms with Gasteiger partial charge in [-0.3, -0.25) is 14.4 Å². The van der Waals surface area contributed by atoms with E-state index in [9.17, 15) is 14.4 Å². The van der Waals surface area contributed by atoms with Gasteiger partial charge in [0.15, 0.2) is 6.61 Å². The Balaban J connectivity index is 1.70. The van der Waals surface area contributed by atoms with Gasteiger partial charge in [-0.25, -0.2) is 0 Å². The van der Waals surface area contributed by atoms with Crippen LogP contribution < -0.4 is 10.6 Å². The minimum atomic E-state index is -0.600. The maximum absolute atomic E-state index is 12.0. The molecule has 27 heavy (non-hydrogen) atoms. The summed E-state index contributed by atoms with van der Waals surface area (Å²) in [5.41, 5.74) is 3.31. The van der Waals surface area contributed by atoms with Crippen LogP contribution in [0, 0.1) is 13.8 Å². The zero-order valence-corrected chi connectivity index (χ0v) is 16.8. The number of benzene rings is 2. The summed E-state index contributed by atoms with van der Waals surface area (Å²) in [7, 11) is 0. The van der Waals surface area contributed by atoms with E-state index in [4.69, 9.17) is 4.74 Å². The van der Waals surface area contributed by atoms with E-state index in [1.165, 1.54) is 0 Å². The van der Waals surface area contributed by atoms with E-state index >= 15 is 0 Å². The second kappa shape index (κ2) is 9.87. The lowest BCUT2D eigenvalue weighted by Gasteiger charge is -2.09. The predicted molar refractivity (Wildman–Crippen MR) is 108 cm³/mol. The number of ether oxygens (including phenoxy) is 1. The van der Waals surface area contributed by atoms with Crippen LogP contribution in [0.4, 0.5) is 11.4 Å². The van der Waals surface area contributed by atoms with Crippen LogP contribution in [-0.4, -0.2) is 24.4 Å². The minimum Gasteiger partial charge on any atom is -0.456 e. The molecule has 0 heterocycles. The normalized spacial score (nSPS) is 10.2. The van der Waals surface area contributed by atoms with Crippen molar-refractivity contribution in [2.24, 2.45) is 0 Å². The van der Waals surface area contributed by atoms with Gasteiger partial charge in [0, 0.05) is 22.3 Å². The molecule has 7 heteroatoms. The van der Waals surface area contributed by atoms with Crippen molar-refractivity contribution in [1.82, 2.24) is 0 Å². The van der Waals surface area contributed by atoms with E-state index in [2.05, 4.69) is 26.6 Å². The van der Waals surface area contributed by atoms with Crippen LogP contribution in [0.15, 0.2) is 46.9 Å². The van der Waals surface area contributed by atoms with Gasteiger partial charge in [-0.1, -0.05) is 28.1 Å². The number of amides is 2. The van der Waals surface area contributed by atoms with Crippen LogP contribution in [-0.2, 0) is 19.1 Å². The van der Waals surface area contributed by atoms with E-state index in [1.807, 2.05) is 32.0 Å². The Kier molecular flexibility index (Phi) is 7.55. The van der Waals surface area contributed by atoms with Crippen LogP contribution in [0.2, 0.25) is 0 Å². The fourth-order valence-electron chi connectivity index (χ4n) is 2.25. The van der Waals surface area contributed by atoms with E-state index in [1.54, 1.807) is 24.3 Å². The summed E-state index contributed by atoms with van der Waals surface area (Å²) in [5.74, 6) is -1.32. The van der Waals surface area contributed by atoms with E-state index < -0.39 is 18.5 Å². The molecule has 2 amide bonds. The van der Waals surface area contributed by atoms with Gasteiger partial charge in [0.2, 0.25) is 5.91 Å². The smallest absolute Gasteiger partial charge is 0.306 e. The Bertz CT molecular complexity index is 834. The topological polar surface area (TPSA) is 84.5 Å².